The molecule has 0 fully saturated rings. The van der Waals surface area contributed by atoms with Crippen LogP contribution in [0, 0.1) is 0 Å². The first-order valence-corrected chi connectivity index (χ1v) is 7.58. The Morgan fingerprint density at radius 3 is 2.95 bits per heavy atom. The largest absolute Gasteiger partial charge is 0.489 e. The van der Waals surface area contributed by atoms with E-state index in [1.165, 1.54) is 0 Å². The van der Waals surface area contributed by atoms with Crippen molar-refractivity contribution < 1.29 is 14.3 Å². The molecular formula is C14H16Cl2N2O4. The van der Waals surface area contributed by atoms with Gasteiger partial charge in [-0.25, -0.2) is 4.79 Å². The van der Waals surface area contributed by atoms with Crippen LogP contribution in [0.25, 0.3) is 0 Å². The van der Waals surface area contributed by atoms with Crippen LogP contribution in [0.3, 0.4) is 0 Å². The van der Waals surface area contributed by atoms with E-state index >= 15 is 0 Å². The van der Waals surface area contributed by atoms with Crippen molar-refractivity contribution in [1.29, 1.82) is 0 Å². The van der Waals surface area contributed by atoms with Gasteiger partial charge in [-0.05, 0) is 18.6 Å². The lowest BCUT2D eigenvalue weighted by atomic mass is 10.3. The van der Waals surface area contributed by atoms with Crippen LogP contribution >= 0.6 is 23.2 Å². The molecule has 2 rings (SSSR count). The predicted octanol–water partition coefficient (Wildman–Crippen LogP) is 2.54. The average molecular weight is 347 g/mol. The molecule has 0 bridgehead atoms. The van der Waals surface area contributed by atoms with Gasteiger partial charge in [-0.2, -0.15) is 4.68 Å². The molecular weight excluding hydrogens is 331 g/mol. The molecule has 0 spiro atoms. The highest BCUT2D eigenvalue weighted by Gasteiger charge is 2.13. The Morgan fingerprint density at radius 2 is 2.23 bits per heavy atom. The van der Waals surface area contributed by atoms with Crippen LogP contribution in [0.4, 0.5) is 0 Å². The van der Waals surface area contributed by atoms with Crippen LogP contribution in [0.1, 0.15) is 19.2 Å². The lowest BCUT2D eigenvalue weighted by Gasteiger charge is -2.12. The van der Waals surface area contributed by atoms with E-state index in [9.17, 15) is 9.90 Å². The maximum absolute atomic E-state index is 11.6. The molecule has 0 radical (unpaired) electrons. The monoisotopic (exact) mass is 346 g/mol. The SMILES string of the molecule is CCCc1nn(CC(O)COc2cc(Cl)ccc2Cl)c(=O)o1. The molecule has 1 unspecified atom stereocenters. The summed E-state index contributed by atoms with van der Waals surface area (Å²) in [6.07, 6.45) is 0.457. The fraction of sp³-hybridized carbons (Fsp3) is 0.429. The molecule has 22 heavy (non-hydrogen) atoms. The van der Waals surface area contributed by atoms with Crippen LogP contribution in [0.2, 0.25) is 10.0 Å². The number of aliphatic hydroxyl groups excluding tert-OH is 1. The third-order valence-electron chi connectivity index (χ3n) is 2.82. The smallest absolute Gasteiger partial charge is 0.437 e. The van der Waals surface area contributed by atoms with Gasteiger partial charge in [-0.1, -0.05) is 30.1 Å². The van der Waals surface area contributed by atoms with E-state index in [-0.39, 0.29) is 13.2 Å². The first-order valence-electron chi connectivity index (χ1n) is 6.82. The minimum atomic E-state index is -0.938. The van der Waals surface area contributed by atoms with Crippen LogP contribution in [0.5, 0.6) is 5.75 Å². The highest BCUT2D eigenvalue weighted by molar-refractivity contribution is 6.34. The van der Waals surface area contributed by atoms with E-state index in [4.69, 9.17) is 32.4 Å². The summed E-state index contributed by atoms with van der Waals surface area (Å²) in [6.45, 7) is 1.88. The van der Waals surface area contributed by atoms with Crippen LogP contribution in [-0.2, 0) is 13.0 Å². The third kappa shape index (κ3) is 4.50. The number of rotatable bonds is 7. The van der Waals surface area contributed by atoms with E-state index in [1.807, 2.05) is 6.92 Å². The number of ether oxygens (including phenoxy) is 1. The number of aryl methyl sites for hydroxylation is 1. The molecule has 0 saturated carbocycles. The maximum atomic E-state index is 11.6. The van der Waals surface area contributed by atoms with Gasteiger partial charge in [0.25, 0.3) is 0 Å². The number of aliphatic hydroxyl groups is 1. The van der Waals surface area contributed by atoms with E-state index in [1.54, 1.807) is 18.2 Å². The predicted molar refractivity (Wildman–Crippen MR) is 82.7 cm³/mol. The number of aromatic nitrogens is 2. The molecule has 1 atom stereocenters. The molecule has 1 heterocycles. The number of halogens is 2. The Balaban J connectivity index is 1.94. The van der Waals surface area contributed by atoms with Crippen molar-refractivity contribution in [3.8, 4) is 5.75 Å². The van der Waals surface area contributed by atoms with Crippen LogP contribution < -0.4 is 10.5 Å². The summed E-state index contributed by atoms with van der Waals surface area (Å²) in [5.41, 5.74) is 0. The van der Waals surface area contributed by atoms with Crippen molar-refractivity contribution in [1.82, 2.24) is 9.78 Å². The van der Waals surface area contributed by atoms with E-state index in [0.717, 1.165) is 11.1 Å². The van der Waals surface area contributed by atoms with Gasteiger partial charge in [0, 0.05) is 17.5 Å². The summed E-state index contributed by atoms with van der Waals surface area (Å²) < 4.78 is 11.4. The molecule has 1 N–H and O–H groups in total. The first-order chi connectivity index (χ1) is 10.5. The number of nitrogens with zero attached hydrogens (tertiary/aromatic N) is 2. The highest BCUT2D eigenvalue weighted by atomic mass is 35.5. The van der Waals surface area contributed by atoms with Gasteiger partial charge in [-0.15, -0.1) is 5.10 Å². The Labute approximate surface area is 137 Å². The van der Waals surface area contributed by atoms with Crippen molar-refractivity contribution in [3.05, 3.63) is 44.7 Å². The first kappa shape index (κ1) is 16.9. The van der Waals surface area contributed by atoms with Gasteiger partial charge in [0.15, 0.2) is 0 Å². The van der Waals surface area contributed by atoms with Crippen LogP contribution in [-0.4, -0.2) is 27.6 Å². The molecule has 8 heteroatoms. The zero-order valence-electron chi connectivity index (χ0n) is 12.0. The second-order valence-electron chi connectivity index (χ2n) is 4.73. The normalized spacial score (nSPS) is 12.4. The molecule has 2 aromatic rings. The molecule has 0 amide bonds. The van der Waals surface area contributed by atoms with Crippen molar-refractivity contribution in [3.63, 3.8) is 0 Å². The molecule has 0 aliphatic carbocycles. The van der Waals surface area contributed by atoms with Crippen molar-refractivity contribution in [2.24, 2.45) is 0 Å². The quantitative estimate of drug-likeness (QED) is 0.833. The Morgan fingerprint density at radius 1 is 1.45 bits per heavy atom. The Hall–Kier alpha value is -1.50. The molecule has 1 aromatic carbocycles. The minimum Gasteiger partial charge on any atom is -0.489 e. The lowest BCUT2D eigenvalue weighted by Crippen LogP contribution is -2.29. The van der Waals surface area contributed by atoms with Gasteiger partial charge in [0.05, 0.1) is 11.6 Å². The van der Waals surface area contributed by atoms with Gasteiger partial charge in [0.1, 0.15) is 18.5 Å². The van der Waals surface area contributed by atoms with Gasteiger partial charge in [0.2, 0.25) is 5.89 Å². The maximum Gasteiger partial charge on any atom is 0.437 e. The summed E-state index contributed by atoms with van der Waals surface area (Å²) in [4.78, 5) is 11.6. The third-order valence-corrected chi connectivity index (χ3v) is 3.37. The summed E-state index contributed by atoms with van der Waals surface area (Å²) in [6, 6.07) is 4.79. The number of hydrogen-bond acceptors (Lipinski definition) is 5. The topological polar surface area (TPSA) is 77.5 Å². The van der Waals surface area contributed by atoms with Crippen molar-refractivity contribution in [2.45, 2.75) is 32.4 Å². The lowest BCUT2D eigenvalue weighted by molar-refractivity contribution is 0.0876. The molecule has 6 nitrogen and oxygen atoms in total. The summed E-state index contributed by atoms with van der Waals surface area (Å²) in [5.74, 6) is 0.134. The Bertz CT molecular complexity index is 684. The minimum absolute atomic E-state index is 0.0236. The number of hydrogen-bond donors (Lipinski definition) is 1. The average Bonchev–Trinajstić information content (AvgIpc) is 2.80. The van der Waals surface area contributed by atoms with E-state index < -0.39 is 11.9 Å². The van der Waals surface area contributed by atoms with Crippen LogP contribution in [0.15, 0.2) is 27.4 Å². The molecule has 0 saturated heterocycles. The van der Waals surface area contributed by atoms with Crippen molar-refractivity contribution >= 4 is 23.2 Å². The standard InChI is InChI=1S/C14H16Cl2N2O4/c1-2-3-13-17-18(14(20)22-13)7-10(19)8-21-12-6-9(15)4-5-11(12)16/h4-6,10,19H,2-3,7-8H2,1H3. The second-order valence-corrected chi connectivity index (χ2v) is 5.58. The summed E-state index contributed by atoms with van der Waals surface area (Å²) in [7, 11) is 0. The zero-order valence-corrected chi connectivity index (χ0v) is 13.5. The van der Waals surface area contributed by atoms with Gasteiger partial charge < -0.3 is 14.3 Å². The zero-order chi connectivity index (χ0) is 16.1. The number of benzene rings is 1. The summed E-state index contributed by atoms with van der Waals surface area (Å²) in [5, 5.41) is 14.8. The van der Waals surface area contributed by atoms with Crippen molar-refractivity contribution in [2.75, 3.05) is 6.61 Å². The summed E-state index contributed by atoms with van der Waals surface area (Å²) >= 11 is 11.8. The van der Waals surface area contributed by atoms with Gasteiger partial charge >= 0.3 is 5.76 Å². The highest BCUT2D eigenvalue weighted by Crippen LogP contribution is 2.27. The molecule has 0 aliphatic rings. The molecule has 1 aromatic heterocycles. The fourth-order valence-electron chi connectivity index (χ4n) is 1.81. The fourth-order valence-corrected chi connectivity index (χ4v) is 2.14. The van der Waals surface area contributed by atoms with E-state index in [2.05, 4.69) is 5.10 Å². The molecule has 0 aliphatic heterocycles. The van der Waals surface area contributed by atoms with Gasteiger partial charge in [-0.3, -0.25) is 0 Å². The Kier molecular flexibility index (Phi) is 5.88. The second kappa shape index (κ2) is 7.67. The van der Waals surface area contributed by atoms with E-state index in [0.29, 0.717) is 28.1 Å². The molecule has 120 valence electrons.